The van der Waals surface area contributed by atoms with E-state index in [1.807, 2.05) is 7.05 Å². The molecular formula is C7H11NO2. The van der Waals surface area contributed by atoms with Gasteiger partial charge in [0.05, 0.1) is 6.61 Å². The van der Waals surface area contributed by atoms with Gasteiger partial charge in [0.25, 0.3) is 0 Å². The molecule has 1 saturated carbocycles. The first-order chi connectivity index (χ1) is 4.79. The Morgan fingerprint density at radius 2 is 2.60 bits per heavy atom. The van der Waals surface area contributed by atoms with Gasteiger partial charge in [0, 0.05) is 0 Å². The second-order valence-electron chi connectivity index (χ2n) is 3.05. The summed E-state index contributed by atoms with van der Waals surface area (Å²) in [5, 5.41) is 3.03. The lowest BCUT2D eigenvalue weighted by atomic mass is 10.1. The van der Waals surface area contributed by atoms with Gasteiger partial charge in [-0.2, -0.15) is 0 Å². The van der Waals surface area contributed by atoms with E-state index >= 15 is 0 Å². The number of cyclic esters (lactones) is 1. The highest BCUT2D eigenvalue weighted by Crippen LogP contribution is 2.48. The van der Waals surface area contributed by atoms with Gasteiger partial charge >= 0.3 is 5.97 Å². The second-order valence-corrected chi connectivity index (χ2v) is 3.05. The summed E-state index contributed by atoms with van der Waals surface area (Å²) in [6.45, 7) is 0.618. The maximum atomic E-state index is 11.1. The van der Waals surface area contributed by atoms with Crippen LogP contribution in [0.3, 0.4) is 0 Å². The molecule has 0 aromatic heterocycles. The van der Waals surface area contributed by atoms with Crippen LogP contribution < -0.4 is 5.32 Å². The highest BCUT2D eigenvalue weighted by Gasteiger charge is 2.61. The normalized spacial score (nSPS) is 44.1. The van der Waals surface area contributed by atoms with E-state index in [1.165, 1.54) is 0 Å². The van der Waals surface area contributed by atoms with Gasteiger partial charge in [-0.3, -0.25) is 4.79 Å². The third kappa shape index (κ3) is 0.560. The highest BCUT2D eigenvalue weighted by atomic mass is 16.5. The average molecular weight is 141 g/mol. The van der Waals surface area contributed by atoms with E-state index in [0.717, 1.165) is 12.8 Å². The monoisotopic (exact) mass is 141 g/mol. The third-order valence-corrected chi connectivity index (χ3v) is 2.62. The molecule has 3 nitrogen and oxygen atoms in total. The number of fused-ring (bicyclic) bond motifs is 1. The number of hydrogen-bond acceptors (Lipinski definition) is 3. The maximum absolute atomic E-state index is 11.1. The molecule has 0 aromatic carbocycles. The summed E-state index contributed by atoms with van der Waals surface area (Å²) in [7, 11) is 1.83. The van der Waals surface area contributed by atoms with Crippen molar-refractivity contribution in [1.29, 1.82) is 0 Å². The van der Waals surface area contributed by atoms with E-state index in [0.29, 0.717) is 12.5 Å². The summed E-state index contributed by atoms with van der Waals surface area (Å²) in [5.41, 5.74) is -0.266. The molecule has 2 aliphatic rings. The molecule has 2 atom stereocenters. The van der Waals surface area contributed by atoms with Gasteiger partial charge in [-0.1, -0.05) is 0 Å². The van der Waals surface area contributed by atoms with E-state index in [2.05, 4.69) is 5.32 Å². The fourth-order valence-electron chi connectivity index (χ4n) is 1.76. The van der Waals surface area contributed by atoms with Crippen molar-refractivity contribution in [1.82, 2.24) is 5.32 Å². The van der Waals surface area contributed by atoms with Crippen molar-refractivity contribution in [3.05, 3.63) is 0 Å². The van der Waals surface area contributed by atoms with Crippen LogP contribution in [0.4, 0.5) is 0 Å². The summed E-state index contributed by atoms with van der Waals surface area (Å²) < 4.78 is 4.92. The molecule has 2 fully saturated rings. The topological polar surface area (TPSA) is 38.3 Å². The van der Waals surface area contributed by atoms with Crippen LogP contribution in [-0.2, 0) is 9.53 Å². The first kappa shape index (κ1) is 6.16. The van der Waals surface area contributed by atoms with E-state index in [-0.39, 0.29) is 11.5 Å². The van der Waals surface area contributed by atoms with Crippen molar-refractivity contribution in [3.63, 3.8) is 0 Å². The molecule has 0 bridgehead atoms. The molecule has 1 heterocycles. The van der Waals surface area contributed by atoms with Crippen molar-refractivity contribution in [2.75, 3.05) is 13.7 Å². The van der Waals surface area contributed by atoms with Crippen LogP contribution in [0.15, 0.2) is 0 Å². The lowest BCUT2D eigenvalue weighted by Crippen LogP contribution is -2.43. The predicted octanol–water partition coefficient (Wildman–Crippen LogP) is -0.0886. The Balaban J connectivity index is 2.17. The van der Waals surface area contributed by atoms with Crippen molar-refractivity contribution < 1.29 is 9.53 Å². The molecule has 1 saturated heterocycles. The standard InChI is InChI=1S/C7H11NO2/c1-8-7-4-5(7)2-3-10-6(7)9/h5,8H,2-4H2,1H3/t5-,7-/m1/s1. The van der Waals surface area contributed by atoms with Crippen molar-refractivity contribution in [3.8, 4) is 0 Å². The molecule has 1 aliphatic carbocycles. The number of ether oxygens (including phenoxy) is 1. The smallest absolute Gasteiger partial charge is 0.326 e. The van der Waals surface area contributed by atoms with Crippen LogP contribution in [0, 0.1) is 5.92 Å². The molecule has 3 heteroatoms. The van der Waals surface area contributed by atoms with Crippen LogP contribution in [0.5, 0.6) is 0 Å². The number of hydrogen-bond donors (Lipinski definition) is 1. The van der Waals surface area contributed by atoms with Crippen molar-refractivity contribution >= 4 is 5.97 Å². The number of esters is 1. The molecule has 1 N–H and O–H groups in total. The highest BCUT2D eigenvalue weighted by molar-refractivity contribution is 5.85. The van der Waals surface area contributed by atoms with Gasteiger partial charge < -0.3 is 10.1 Å². The number of rotatable bonds is 1. The quantitative estimate of drug-likeness (QED) is 0.519. The van der Waals surface area contributed by atoms with E-state index < -0.39 is 0 Å². The molecule has 56 valence electrons. The number of carbonyl (C=O) groups is 1. The number of likely N-dealkylation sites (N-methyl/N-ethyl adjacent to an activating group) is 1. The van der Waals surface area contributed by atoms with E-state index in [4.69, 9.17) is 4.74 Å². The summed E-state index contributed by atoms with van der Waals surface area (Å²) in [5.74, 6) is 0.505. The Labute approximate surface area is 59.7 Å². The zero-order valence-corrected chi connectivity index (χ0v) is 6.02. The Bertz CT molecular complexity index is 180. The predicted molar refractivity (Wildman–Crippen MR) is 35.5 cm³/mol. The van der Waals surface area contributed by atoms with Crippen molar-refractivity contribution in [2.45, 2.75) is 18.4 Å². The molecule has 0 radical (unpaired) electrons. The van der Waals surface area contributed by atoms with Gasteiger partial charge in [0.1, 0.15) is 5.54 Å². The lowest BCUT2D eigenvalue weighted by molar-refractivity contribution is -0.150. The minimum atomic E-state index is -0.266. The second kappa shape index (κ2) is 1.72. The molecule has 1 aliphatic heterocycles. The fourth-order valence-corrected chi connectivity index (χ4v) is 1.76. The average Bonchev–Trinajstić information content (AvgIpc) is 2.65. The molecule has 0 unspecified atom stereocenters. The van der Waals surface area contributed by atoms with Crippen LogP contribution in [-0.4, -0.2) is 25.2 Å². The Kier molecular flexibility index (Phi) is 1.06. The zero-order valence-electron chi connectivity index (χ0n) is 6.02. The van der Waals surface area contributed by atoms with Gasteiger partial charge in [-0.05, 0) is 25.8 Å². The molecule has 0 aromatic rings. The van der Waals surface area contributed by atoms with Crippen LogP contribution in [0.25, 0.3) is 0 Å². The first-order valence-corrected chi connectivity index (χ1v) is 3.66. The number of carbonyl (C=O) groups excluding carboxylic acids is 1. The minimum absolute atomic E-state index is 0.0498. The molecule has 0 spiro atoms. The van der Waals surface area contributed by atoms with E-state index in [1.54, 1.807) is 0 Å². The number of nitrogens with one attached hydrogen (secondary N) is 1. The fraction of sp³-hybridized carbons (Fsp3) is 0.857. The van der Waals surface area contributed by atoms with Crippen LogP contribution in [0.1, 0.15) is 12.8 Å². The SMILES string of the molecule is CN[C@]12C[C@H]1CCOC2=O. The Morgan fingerprint density at radius 1 is 1.80 bits per heavy atom. The van der Waals surface area contributed by atoms with E-state index in [9.17, 15) is 4.79 Å². The summed E-state index contributed by atoms with van der Waals surface area (Å²) in [6, 6.07) is 0. The van der Waals surface area contributed by atoms with Crippen LogP contribution in [0.2, 0.25) is 0 Å². The Hall–Kier alpha value is -0.570. The molecule has 0 amide bonds. The minimum Gasteiger partial charge on any atom is -0.464 e. The molecular weight excluding hydrogens is 130 g/mol. The molecule has 10 heavy (non-hydrogen) atoms. The summed E-state index contributed by atoms with van der Waals surface area (Å²) in [6.07, 6.45) is 2.01. The summed E-state index contributed by atoms with van der Waals surface area (Å²) in [4.78, 5) is 11.1. The lowest BCUT2D eigenvalue weighted by Gasteiger charge is -2.19. The Morgan fingerprint density at radius 3 is 3.10 bits per heavy atom. The van der Waals surface area contributed by atoms with Gasteiger partial charge in [0.15, 0.2) is 0 Å². The maximum Gasteiger partial charge on any atom is 0.326 e. The molecule has 2 rings (SSSR count). The van der Waals surface area contributed by atoms with Gasteiger partial charge in [0.2, 0.25) is 0 Å². The first-order valence-electron chi connectivity index (χ1n) is 3.66. The zero-order chi connectivity index (χ0) is 7.19. The van der Waals surface area contributed by atoms with Gasteiger partial charge in [-0.25, -0.2) is 0 Å². The van der Waals surface area contributed by atoms with Crippen LogP contribution >= 0.6 is 0 Å². The third-order valence-electron chi connectivity index (χ3n) is 2.62. The van der Waals surface area contributed by atoms with Crippen molar-refractivity contribution in [2.24, 2.45) is 5.92 Å². The van der Waals surface area contributed by atoms with Gasteiger partial charge in [-0.15, -0.1) is 0 Å². The summed E-state index contributed by atoms with van der Waals surface area (Å²) >= 11 is 0. The largest absolute Gasteiger partial charge is 0.464 e.